The van der Waals surface area contributed by atoms with E-state index in [9.17, 15) is 0 Å². The summed E-state index contributed by atoms with van der Waals surface area (Å²) in [6, 6.07) is 0. The zero-order valence-corrected chi connectivity index (χ0v) is 6.51. The highest BCUT2D eigenvalue weighted by atomic mass is 16.3. The lowest BCUT2D eigenvalue weighted by Crippen LogP contribution is -2.19. The van der Waals surface area contributed by atoms with Crippen molar-refractivity contribution in [2.75, 3.05) is 6.61 Å². The Morgan fingerprint density at radius 3 is 2.36 bits per heavy atom. The summed E-state index contributed by atoms with van der Waals surface area (Å²) >= 11 is 0. The number of hydrogen-bond donors (Lipinski definition) is 3. The van der Waals surface area contributed by atoms with Gasteiger partial charge in [-0.1, -0.05) is 24.3 Å². The van der Waals surface area contributed by atoms with Crippen LogP contribution in [0.5, 0.6) is 0 Å². The van der Waals surface area contributed by atoms with Crippen molar-refractivity contribution in [2.24, 2.45) is 0 Å². The van der Waals surface area contributed by atoms with Crippen molar-refractivity contribution in [2.45, 2.75) is 19.1 Å². The number of aliphatic hydroxyl groups excluding tert-OH is 3. The van der Waals surface area contributed by atoms with E-state index in [-0.39, 0.29) is 6.61 Å². The van der Waals surface area contributed by atoms with E-state index in [1.54, 1.807) is 12.2 Å². The maximum Gasteiger partial charge on any atom is 0.0980 e. The highest BCUT2D eigenvalue weighted by Gasteiger charge is 2.03. The van der Waals surface area contributed by atoms with Crippen LogP contribution in [0.2, 0.25) is 0 Å². The Balaban J connectivity index is 3.64. The summed E-state index contributed by atoms with van der Waals surface area (Å²) < 4.78 is 0. The molecule has 0 radical (unpaired) electrons. The molecule has 3 heteroatoms. The highest BCUT2D eigenvalue weighted by molar-refractivity contribution is 5.05. The van der Waals surface area contributed by atoms with Crippen molar-refractivity contribution >= 4 is 0 Å². The van der Waals surface area contributed by atoms with Gasteiger partial charge in [0, 0.05) is 0 Å². The Labute approximate surface area is 66.3 Å². The van der Waals surface area contributed by atoms with Crippen LogP contribution >= 0.6 is 0 Å². The summed E-state index contributed by atoms with van der Waals surface area (Å²) in [5.41, 5.74) is 0. The molecule has 0 saturated heterocycles. The van der Waals surface area contributed by atoms with Crippen molar-refractivity contribution in [3.05, 3.63) is 24.3 Å². The molecule has 0 aromatic carbocycles. The van der Waals surface area contributed by atoms with E-state index >= 15 is 0 Å². The molecule has 0 aliphatic heterocycles. The second-order valence-corrected chi connectivity index (χ2v) is 2.23. The van der Waals surface area contributed by atoms with E-state index in [2.05, 4.69) is 0 Å². The van der Waals surface area contributed by atoms with Crippen LogP contribution in [-0.4, -0.2) is 34.1 Å². The molecule has 0 heterocycles. The predicted molar refractivity (Wildman–Crippen MR) is 43.1 cm³/mol. The van der Waals surface area contributed by atoms with Crippen LogP contribution in [-0.2, 0) is 0 Å². The Morgan fingerprint density at radius 1 is 1.27 bits per heavy atom. The molecule has 64 valence electrons. The molecule has 0 fully saturated rings. The monoisotopic (exact) mass is 158 g/mol. The van der Waals surface area contributed by atoms with Gasteiger partial charge >= 0.3 is 0 Å². The number of rotatable bonds is 4. The van der Waals surface area contributed by atoms with E-state index in [0.717, 1.165) is 0 Å². The lowest BCUT2D eigenvalue weighted by molar-refractivity contribution is 0.0619. The van der Waals surface area contributed by atoms with Crippen LogP contribution in [0.3, 0.4) is 0 Å². The van der Waals surface area contributed by atoms with Crippen molar-refractivity contribution in [3.63, 3.8) is 0 Å². The van der Waals surface area contributed by atoms with Crippen LogP contribution in [0.25, 0.3) is 0 Å². The van der Waals surface area contributed by atoms with E-state index in [0.29, 0.717) is 0 Å². The molecule has 0 spiro atoms. The van der Waals surface area contributed by atoms with Crippen molar-refractivity contribution in [1.29, 1.82) is 0 Å². The van der Waals surface area contributed by atoms with Gasteiger partial charge in [-0.2, -0.15) is 0 Å². The molecule has 0 saturated carbocycles. The minimum Gasteiger partial charge on any atom is -0.392 e. The molecule has 0 bridgehead atoms. The molecule has 0 aromatic heterocycles. The SMILES string of the molecule is CC(O)C(O)/C=C/C=C/CO. The summed E-state index contributed by atoms with van der Waals surface area (Å²) in [6.45, 7) is 1.49. The highest BCUT2D eigenvalue weighted by Crippen LogP contribution is 1.93. The van der Waals surface area contributed by atoms with Crippen LogP contribution < -0.4 is 0 Å². The topological polar surface area (TPSA) is 60.7 Å². The van der Waals surface area contributed by atoms with Gasteiger partial charge in [0.15, 0.2) is 0 Å². The number of hydrogen-bond acceptors (Lipinski definition) is 3. The second kappa shape index (κ2) is 6.09. The molecule has 0 aliphatic rings. The summed E-state index contributed by atoms with van der Waals surface area (Å²) in [5.74, 6) is 0. The Morgan fingerprint density at radius 2 is 1.91 bits per heavy atom. The smallest absolute Gasteiger partial charge is 0.0980 e. The van der Waals surface area contributed by atoms with Crippen LogP contribution in [0.1, 0.15) is 6.92 Å². The van der Waals surface area contributed by atoms with E-state index in [1.807, 2.05) is 0 Å². The average molecular weight is 158 g/mol. The first-order valence-electron chi connectivity index (χ1n) is 3.48. The fourth-order valence-corrected chi connectivity index (χ4v) is 0.478. The fraction of sp³-hybridized carbons (Fsp3) is 0.500. The Hall–Kier alpha value is -0.640. The Kier molecular flexibility index (Phi) is 5.74. The first-order valence-corrected chi connectivity index (χ1v) is 3.48. The summed E-state index contributed by atoms with van der Waals surface area (Å²) in [4.78, 5) is 0. The van der Waals surface area contributed by atoms with Crippen molar-refractivity contribution in [3.8, 4) is 0 Å². The molecule has 3 nitrogen and oxygen atoms in total. The van der Waals surface area contributed by atoms with Crippen LogP contribution in [0.4, 0.5) is 0 Å². The minimum absolute atomic E-state index is 0.0187. The van der Waals surface area contributed by atoms with Gasteiger partial charge in [0.05, 0.1) is 18.8 Å². The van der Waals surface area contributed by atoms with Gasteiger partial charge in [-0.05, 0) is 6.92 Å². The third kappa shape index (κ3) is 5.79. The van der Waals surface area contributed by atoms with Gasteiger partial charge in [-0.15, -0.1) is 0 Å². The Bertz CT molecular complexity index is 138. The summed E-state index contributed by atoms with van der Waals surface area (Å²) in [6.07, 6.45) is 4.58. The lowest BCUT2D eigenvalue weighted by Gasteiger charge is -2.06. The van der Waals surface area contributed by atoms with Gasteiger partial charge in [0.1, 0.15) is 0 Å². The van der Waals surface area contributed by atoms with Gasteiger partial charge in [0.2, 0.25) is 0 Å². The average Bonchev–Trinajstić information content (AvgIpc) is 1.97. The molecule has 2 atom stereocenters. The van der Waals surface area contributed by atoms with Crippen molar-refractivity contribution < 1.29 is 15.3 Å². The second-order valence-electron chi connectivity index (χ2n) is 2.23. The number of aliphatic hydroxyl groups is 3. The summed E-state index contributed by atoms with van der Waals surface area (Å²) in [5, 5.41) is 26.1. The third-order valence-electron chi connectivity index (χ3n) is 1.16. The minimum atomic E-state index is -0.835. The molecule has 2 unspecified atom stereocenters. The molecule has 0 rings (SSSR count). The molecule has 0 amide bonds. The molecular formula is C8H14O3. The van der Waals surface area contributed by atoms with E-state index in [1.165, 1.54) is 19.1 Å². The molecule has 0 aliphatic carbocycles. The predicted octanol–water partition coefficient (Wildman–Crippen LogP) is -0.167. The molecular weight excluding hydrogens is 144 g/mol. The van der Waals surface area contributed by atoms with Crippen molar-refractivity contribution in [1.82, 2.24) is 0 Å². The quantitative estimate of drug-likeness (QED) is 0.498. The zero-order valence-electron chi connectivity index (χ0n) is 6.51. The zero-order chi connectivity index (χ0) is 8.69. The van der Waals surface area contributed by atoms with Gasteiger partial charge in [-0.3, -0.25) is 0 Å². The van der Waals surface area contributed by atoms with Crippen LogP contribution in [0, 0.1) is 0 Å². The largest absolute Gasteiger partial charge is 0.392 e. The van der Waals surface area contributed by atoms with Gasteiger partial charge < -0.3 is 15.3 Å². The standard InChI is InChI=1S/C8H14O3/c1-7(10)8(11)5-3-2-4-6-9/h2-5,7-11H,6H2,1H3/b4-2+,5-3+. The lowest BCUT2D eigenvalue weighted by atomic mass is 10.2. The third-order valence-corrected chi connectivity index (χ3v) is 1.16. The summed E-state index contributed by atoms with van der Waals surface area (Å²) in [7, 11) is 0. The van der Waals surface area contributed by atoms with Crippen LogP contribution in [0.15, 0.2) is 24.3 Å². The fourth-order valence-electron chi connectivity index (χ4n) is 0.478. The normalized spacial score (nSPS) is 17.8. The maximum atomic E-state index is 8.99. The van der Waals surface area contributed by atoms with E-state index < -0.39 is 12.2 Å². The first kappa shape index (κ1) is 10.4. The molecule has 11 heavy (non-hydrogen) atoms. The van der Waals surface area contributed by atoms with Gasteiger partial charge in [-0.25, -0.2) is 0 Å². The van der Waals surface area contributed by atoms with Gasteiger partial charge in [0.25, 0.3) is 0 Å². The number of allylic oxidation sites excluding steroid dienone is 2. The van der Waals surface area contributed by atoms with E-state index in [4.69, 9.17) is 15.3 Å². The molecule has 3 N–H and O–H groups in total. The maximum absolute atomic E-state index is 8.99. The first-order chi connectivity index (χ1) is 5.18. The molecule has 0 aromatic rings.